The second-order valence-electron chi connectivity index (χ2n) is 6.82. The molecule has 166 valence electrons. The number of nitrogens with zero attached hydrogens (tertiary/aromatic N) is 1. The van der Waals surface area contributed by atoms with Gasteiger partial charge in [-0.15, -0.1) is 0 Å². The van der Waals surface area contributed by atoms with Crippen molar-refractivity contribution in [3.63, 3.8) is 0 Å². The Kier molecular flexibility index (Phi) is 10.5. The molecule has 8 nitrogen and oxygen atoms in total. The van der Waals surface area contributed by atoms with E-state index in [0.29, 0.717) is 55.8 Å². The molecule has 10 heteroatoms. The third-order valence-electron chi connectivity index (χ3n) is 4.60. The van der Waals surface area contributed by atoms with Crippen LogP contribution in [0.25, 0.3) is 0 Å². The number of halogens is 2. The van der Waals surface area contributed by atoms with Crippen molar-refractivity contribution in [2.75, 3.05) is 52.6 Å². The van der Waals surface area contributed by atoms with Gasteiger partial charge in [0.15, 0.2) is 0 Å². The number of nitrogens with two attached hydrogens (primary N) is 1. The molecule has 1 aliphatic heterocycles. The number of nitrogens with one attached hydrogen (secondary N) is 1. The average Bonchev–Trinajstić information content (AvgIpc) is 3.01. The Morgan fingerprint density at radius 1 is 1.13 bits per heavy atom. The molecule has 3 N–H and O–H groups in total. The Hall–Kier alpha value is -1.71. The van der Waals surface area contributed by atoms with E-state index in [0.717, 1.165) is 5.56 Å². The standard InChI is InChI=1S/C20H27Cl2N3O5/c21-16-4-3-14(12-17(16)22)2-1-6-24-19(27)15-13-25(20(28)18(15)26)7-9-30-11-10-29-8-5-23/h3-4,12,15H,1-2,5-11,13,23H2,(H,24,27). The fourth-order valence-electron chi connectivity index (χ4n) is 2.99. The first-order chi connectivity index (χ1) is 14.4. The van der Waals surface area contributed by atoms with Crippen LogP contribution >= 0.6 is 23.2 Å². The van der Waals surface area contributed by atoms with Crippen LogP contribution in [0, 0.1) is 5.92 Å². The van der Waals surface area contributed by atoms with Gasteiger partial charge in [-0.1, -0.05) is 29.3 Å². The first kappa shape index (κ1) is 24.6. The molecule has 2 amide bonds. The van der Waals surface area contributed by atoms with Crippen LogP contribution in [0.5, 0.6) is 0 Å². The Bertz CT molecular complexity index is 747. The summed E-state index contributed by atoms with van der Waals surface area (Å²) in [6, 6.07) is 5.39. The molecule has 0 bridgehead atoms. The van der Waals surface area contributed by atoms with Crippen molar-refractivity contribution < 1.29 is 23.9 Å². The normalized spacial score (nSPS) is 16.4. The first-order valence-electron chi connectivity index (χ1n) is 9.84. The molecule has 0 spiro atoms. The molecule has 2 rings (SSSR count). The summed E-state index contributed by atoms with van der Waals surface area (Å²) in [4.78, 5) is 37.9. The number of amides is 2. The van der Waals surface area contributed by atoms with Gasteiger partial charge in [-0.3, -0.25) is 14.4 Å². The predicted molar refractivity (Wildman–Crippen MR) is 114 cm³/mol. The van der Waals surface area contributed by atoms with Crippen LogP contribution in [0.2, 0.25) is 10.0 Å². The summed E-state index contributed by atoms with van der Waals surface area (Å²) < 4.78 is 10.5. The lowest BCUT2D eigenvalue weighted by atomic mass is 10.1. The summed E-state index contributed by atoms with van der Waals surface area (Å²) in [7, 11) is 0. The highest BCUT2D eigenvalue weighted by molar-refractivity contribution is 6.42. The van der Waals surface area contributed by atoms with E-state index in [1.807, 2.05) is 6.07 Å². The summed E-state index contributed by atoms with van der Waals surface area (Å²) in [5, 5.41) is 3.71. The maximum atomic E-state index is 12.3. The summed E-state index contributed by atoms with van der Waals surface area (Å²) in [5.74, 6) is -2.73. The van der Waals surface area contributed by atoms with Gasteiger partial charge in [0.1, 0.15) is 5.92 Å². The van der Waals surface area contributed by atoms with Crippen LogP contribution in [-0.4, -0.2) is 75.1 Å². The van der Waals surface area contributed by atoms with Crippen molar-refractivity contribution in [3.8, 4) is 0 Å². The molecule has 0 aromatic heterocycles. The van der Waals surface area contributed by atoms with Crippen molar-refractivity contribution in [2.24, 2.45) is 11.7 Å². The molecule has 1 aromatic carbocycles. The van der Waals surface area contributed by atoms with Gasteiger partial charge in [-0.25, -0.2) is 0 Å². The minimum Gasteiger partial charge on any atom is -0.378 e. The van der Waals surface area contributed by atoms with E-state index in [2.05, 4.69) is 5.32 Å². The van der Waals surface area contributed by atoms with Gasteiger partial charge in [0.05, 0.1) is 36.5 Å². The predicted octanol–water partition coefficient (Wildman–Crippen LogP) is 1.06. The highest BCUT2D eigenvalue weighted by Gasteiger charge is 2.42. The number of carbonyl (C=O) groups is 3. The van der Waals surface area contributed by atoms with E-state index in [4.69, 9.17) is 38.4 Å². The Labute approximate surface area is 186 Å². The number of ketones is 1. The molecule has 1 heterocycles. The lowest BCUT2D eigenvalue weighted by Gasteiger charge is -2.15. The van der Waals surface area contributed by atoms with Crippen molar-refractivity contribution in [2.45, 2.75) is 12.8 Å². The summed E-state index contributed by atoms with van der Waals surface area (Å²) in [6.45, 7) is 2.68. The topological polar surface area (TPSA) is 111 Å². The van der Waals surface area contributed by atoms with Gasteiger partial charge in [0.25, 0.3) is 5.91 Å². The van der Waals surface area contributed by atoms with E-state index >= 15 is 0 Å². The number of hydrogen-bond acceptors (Lipinski definition) is 6. The monoisotopic (exact) mass is 459 g/mol. The molecule has 1 atom stereocenters. The molecule has 1 aliphatic rings. The smallest absolute Gasteiger partial charge is 0.290 e. The number of benzene rings is 1. The molecule has 30 heavy (non-hydrogen) atoms. The van der Waals surface area contributed by atoms with Gasteiger partial charge >= 0.3 is 0 Å². The first-order valence-corrected chi connectivity index (χ1v) is 10.6. The zero-order chi connectivity index (χ0) is 21.9. The summed E-state index contributed by atoms with van der Waals surface area (Å²) in [5.41, 5.74) is 6.31. The van der Waals surface area contributed by atoms with Crippen molar-refractivity contribution in [1.29, 1.82) is 0 Å². The summed E-state index contributed by atoms with van der Waals surface area (Å²) in [6.07, 6.45) is 1.37. The minimum absolute atomic E-state index is 0.0727. The van der Waals surface area contributed by atoms with Crippen molar-refractivity contribution in [3.05, 3.63) is 33.8 Å². The van der Waals surface area contributed by atoms with E-state index in [1.165, 1.54) is 4.90 Å². The molecule has 0 saturated carbocycles. The lowest BCUT2D eigenvalue weighted by Crippen LogP contribution is -2.36. The van der Waals surface area contributed by atoms with Crippen LogP contribution in [-0.2, 0) is 30.3 Å². The van der Waals surface area contributed by atoms with Crippen LogP contribution < -0.4 is 11.1 Å². The van der Waals surface area contributed by atoms with E-state index in [9.17, 15) is 14.4 Å². The third kappa shape index (κ3) is 7.52. The molecule has 1 fully saturated rings. The lowest BCUT2D eigenvalue weighted by molar-refractivity contribution is -0.142. The molecular weight excluding hydrogens is 433 g/mol. The number of aryl methyl sites for hydroxylation is 1. The average molecular weight is 460 g/mol. The van der Waals surface area contributed by atoms with Crippen LogP contribution in [0.1, 0.15) is 12.0 Å². The quantitative estimate of drug-likeness (QED) is 0.259. The number of Topliss-reactive ketones (excluding diaryl/α,β-unsaturated/α-hetero) is 1. The van der Waals surface area contributed by atoms with Gasteiger partial charge < -0.3 is 25.4 Å². The number of likely N-dealkylation sites (tertiary alicyclic amines) is 1. The maximum Gasteiger partial charge on any atom is 0.290 e. The van der Waals surface area contributed by atoms with Gasteiger partial charge in [0.2, 0.25) is 11.7 Å². The number of carbonyl (C=O) groups excluding carboxylic acids is 3. The zero-order valence-corrected chi connectivity index (χ0v) is 18.2. The van der Waals surface area contributed by atoms with E-state index in [-0.39, 0.29) is 19.7 Å². The highest BCUT2D eigenvalue weighted by Crippen LogP contribution is 2.23. The summed E-state index contributed by atoms with van der Waals surface area (Å²) >= 11 is 11.9. The molecule has 1 unspecified atom stereocenters. The number of rotatable bonds is 13. The molecule has 1 saturated heterocycles. The third-order valence-corrected chi connectivity index (χ3v) is 5.34. The van der Waals surface area contributed by atoms with Crippen LogP contribution in [0.3, 0.4) is 0 Å². The molecule has 0 radical (unpaired) electrons. The van der Waals surface area contributed by atoms with E-state index < -0.39 is 23.5 Å². The van der Waals surface area contributed by atoms with Crippen molar-refractivity contribution in [1.82, 2.24) is 10.2 Å². The largest absolute Gasteiger partial charge is 0.378 e. The molecule has 1 aromatic rings. The molecule has 0 aliphatic carbocycles. The second kappa shape index (κ2) is 12.9. The Morgan fingerprint density at radius 2 is 1.87 bits per heavy atom. The van der Waals surface area contributed by atoms with Crippen molar-refractivity contribution >= 4 is 40.8 Å². The number of hydrogen-bond donors (Lipinski definition) is 2. The SMILES string of the molecule is NCCOCCOCCN1CC(C(=O)NCCCc2ccc(Cl)c(Cl)c2)C(=O)C1=O. The zero-order valence-electron chi connectivity index (χ0n) is 16.7. The van der Waals surface area contributed by atoms with E-state index in [1.54, 1.807) is 12.1 Å². The Balaban J connectivity index is 1.67. The van der Waals surface area contributed by atoms with Crippen LogP contribution in [0.15, 0.2) is 18.2 Å². The highest BCUT2D eigenvalue weighted by atomic mass is 35.5. The van der Waals surface area contributed by atoms with Crippen LogP contribution in [0.4, 0.5) is 0 Å². The van der Waals surface area contributed by atoms with Gasteiger partial charge in [-0.2, -0.15) is 0 Å². The number of ether oxygens (including phenoxy) is 2. The Morgan fingerprint density at radius 3 is 2.57 bits per heavy atom. The fourth-order valence-corrected chi connectivity index (χ4v) is 3.31. The minimum atomic E-state index is -0.977. The fraction of sp³-hybridized carbons (Fsp3) is 0.550. The second-order valence-corrected chi connectivity index (χ2v) is 7.64. The van der Waals surface area contributed by atoms with Gasteiger partial charge in [0, 0.05) is 26.2 Å². The molecular formula is C20H27Cl2N3O5. The van der Waals surface area contributed by atoms with Gasteiger partial charge in [-0.05, 0) is 30.5 Å². The maximum absolute atomic E-state index is 12.3.